The van der Waals surface area contributed by atoms with Gasteiger partial charge in [-0.2, -0.15) is 0 Å². The Morgan fingerprint density at radius 2 is 2.28 bits per heavy atom. The van der Waals surface area contributed by atoms with E-state index in [9.17, 15) is 4.79 Å². The Labute approximate surface area is 111 Å². The molecule has 1 aromatic rings. The van der Waals surface area contributed by atoms with Crippen molar-refractivity contribution in [2.24, 2.45) is 0 Å². The van der Waals surface area contributed by atoms with Gasteiger partial charge in [-0.3, -0.25) is 0 Å². The smallest absolute Gasteiger partial charge is 0.335 e. The maximum absolute atomic E-state index is 10.7. The van der Waals surface area contributed by atoms with E-state index in [-0.39, 0.29) is 5.56 Å². The standard InChI is InChI=1S/C13H16ClNO3/c1-15(10-3-4-10)6-7-18-12-5-2-9(13(16)17)8-11(12)14/h2,5,8,10H,3-4,6-7H2,1H3,(H,16,17). The van der Waals surface area contributed by atoms with Crippen LogP contribution in [0, 0.1) is 0 Å². The fourth-order valence-electron chi connectivity index (χ4n) is 1.75. The summed E-state index contributed by atoms with van der Waals surface area (Å²) in [6, 6.07) is 5.21. The summed E-state index contributed by atoms with van der Waals surface area (Å²) in [5.74, 6) is -0.456. The van der Waals surface area contributed by atoms with Crippen LogP contribution >= 0.6 is 11.6 Å². The van der Waals surface area contributed by atoms with Gasteiger partial charge in [0, 0.05) is 12.6 Å². The minimum absolute atomic E-state index is 0.169. The Balaban J connectivity index is 1.86. The van der Waals surface area contributed by atoms with Crippen molar-refractivity contribution < 1.29 is 14.6 Å². The van der Waals surface area contributed by atoms with Gasteiger partial charge in [0.25, 0.3) is 0 Å². The first-order valence-electron chi connectivity index (χ1n) is 5.94. The summed E-state index contributed by atoms with van der Waals surface area (Å²) < 4.78 is 5.55. The van der Waals surface area contributed by atoms with Gasteiger partial charge in [0.1, 0.15) is 12.4 Å². The molecule has 98 valence electrons. The summed E-state index contributed by atoms with van der Waals surface area (Å²) in [5.41, 5.74) is 0.169. The zero-order valence-electron chi connectivity index (χ0n) is 10.2. The number of likely N-dealkylation sites (N-methyl/N-ethyl adjacent to an activating group) is 1. The van der Waals surface area contributed by atoms with E-state index in [0.29, 0.717) is 23.4 Å². The van der Waals surface area contributed by atoms with Crippen LogP contribution in [-0.4, -0.2) is 42.2 Å². The molecule has 0 heterocycles. The lowest BCUT2D eigenvalue weighted by atomic mass is 10.2. The number of nitrogens with zero attached hydrogens (tertiary/aromatic N) is 1. The normalized spacial score (nSPS) is 14.8. The molecule has 1 aliphatic carbocycles. The Morgan fingerprint density at radius 3 is 2.83 bits per heavy atom. The molecule has 0 amide bonds. The lowest BCUT2D eigenvalue weighted by Gasteiger charge is -2.16. The third-order valence-electron chi connectivity index (χ3n) is 3.05. The predicted molar refractivity (Wildman–Crippen MR) is 69.6 cm³/mol. The van der Waals surface area contributed by atoms with Crippen LogP contribution in [0.5, 0.6) is 5.75 Å². The molecule has 0 aliphatic heterocycles. The summed E-state index contributed by atoms with van der Waals surface area (Å²) in [7, 11) is 2.08. The van der Waals surface area contributed by atoms with Crippen molar-refractivity contribution >= 4 is 17.6 Å². The largest absolute Gasteiger partial charge is 0.491 e. The summed E-state index contributed by atoms with van der Waals surface area (Å²) in [6.07, 6.45) is 2.54. The molecular weight excluding hydrogens is 254 g/mol. The van der Waals surface area contributed by atoms with Gasteiger partial charge in [-0.1, -0.05) is 11.6 Å². The topological polar surface area (TPSA) is 49.8 Å². The number of rotatable bonds is 6. The molecular formula is C13H16ClNO3. The van der Waals surface area contributed by atoms with Gasteiger partial charge < -0.3 is 14.7 Å². The summed E-state index contributed by atoms with van der Waals surface area (Å²) in [6.45, 7) is 1.40. The summed E-state index contributed by atoms with van der Waals surface area (Å²) >= 11 is 5.96. The second kappa shape index (κ2) is 5.59. The maximum Gasteiger partial charge on any atom is 0.335 e. The Morgan fingerprint density at radius 1 is 1.56 bits per heavy atom. The lowest BCUT2D eigenvalue weighted by molar-refractivity contribution is 0.0697. The highest BCUT2D eigenvalue weighted by molar-refractivity contribution is 6.32. The number of halogens is 1. The van der Waals surface area contributed by atoms with Crippen LogP contribution in [0.1, 0.15) is 23.2 Å². The van der Waals surface area contributed by atoms with E-state index in [1.165, 1.54) is 25.0 Å². The van der Waals surface area contributed by atoms with Crippen molar-refractivity contribution in [3.8, 4) is 5.75 Å². The van der Waals surface area contributed by atoms with Crippen molar-refractivity contribution in [1.29, 1.82) is 0 Å². The molecule has 4 nitrogen and oxygen atoms in total. The molecule has 1 fully saturated rings. The first kappa shape index (κ1) is 13.2. The second-order valence-electron chi connectivity index (χ2n) is 4.51. The van der Waals surface area contributed by atoms with Gasteiger partial charge in [0.05, 0.1) is 10.6 Å². The molecule has 0 aromatic heterocycles. The van der Waals surface area contributed by atoms with Crippen LogP contribution in [0.4, 0.5) is 0 Å². The summed E-state index contributed by atoms with van der Waals surface area (Å²) in [4.78, 5) is 13.0. The number of ether oxygens (including phenoxy) is 1. The number of hydrogen-bond acceptors (Lipinski definition) is 3. The van der Waals surface area contributed by atoms with E-state index in [2.05, 4.69) is 11.9 Å². The maximum atomic E-state index is 10.7. The van der Waals surface area contributed by atoms with E-state index in [0.717, 1.165) is 6.54 Å². The monoisotopic (exact) mass is 269 g/mol. The van der Waals surface area contributed by atoms with Gasteiger partial charge in [-0.25, -0.2) is 4.79 Å². The van der Waals surface area contributed by atoms with Gasteiger partial charge in [-0.15, -0.1) is 0 Å². The molecule has 2 rings (SSSR count). The van der Waals surface area contributed by atoms with Crippen molar-refractivity contribution in [2.75, 3.05) is 20.2 Å². The summed E-state index contributed by atoms with van der Waals surface area (Å²) in [5, 5.41) is 9.15. The van der Waals surface area contributed by atoms with Crippen molar-refractivity contribution in [3.63, 3.8) is 0 Å². The zero-order valence-corrected chi connectivity index (χ0v) is 11.0. The minimum atomic E-state index is -0.989. The van der Waals surface area contributed by atoms with Crippen LogP contribution in [0.2, 0.25) is 5.02 Å². The first-order chi connectivity index (χ1) is 8.58. The highest BCUT2D eigenvalue weighted by atomic mass is 35.5. The number of benzene rings is 1. The van der Waals surface area contributed by atoms with E-state index < -0.39 is 5.97 Å². The first-order valence-corrected chi connectivity index (χ1v) is 6.31. The number of carboxylic acids is 1. The van der Waals surface area contributed by atoms with Gasteiger partial charge in [0.2, 0.25) is 0 Å². The van der Waals surface area contributed by atoms with E-state index in [1.54, 1.807) is 6.07 Å². The number of hydrogen-bond donors (Lipinski definition) is 1. The molecule has 5 heteroatoms. The van der Waals surface area contributed by atoms with Crippen LogP contribution in [-0.2, 0) is 0 Å². The highest BCUT2D eigenvalue weighted by Crippen LogP contribution is 2.27. The average molecular weight is 270 g/mol. The molecule has 0 radical (unpaired) electrons. The molecule has 0 atom stereocenters. The van der Waals surface area contributed by atoms with E-state index in [1.807, 2.05) is 0 Å². The van der Waals surface area contributed by atoms with E-state index in [4.69, 9.17) is 21.4 Å². The Hall–Kier alpha value is -1.26. The SMILES string of the molecule is CN(CCOc1ccc(C(=O)O)cc1Cl)C1CC1. The van der Waals surface area contributed by atoms with Crippen LogP contribution in [0.3, 0.4) is 0 Å². The molecule has 0 unspecified atom stereocenters. The molecule has 1 aromatic carbocycles. The van der Waals surface area contributed by atoms with Crippen LogP contribution in [0.25, 0.3) is 0 Å². The van der Waals surface area contributed by atoms with Gasteiger partial charge in [-0.05, 0) is 38.1 Å². The van der Waals surface area contributed by atoms with Crippen LogP contribution < -0.4 is 4.74 Å². The van der Waals surface area contributed by atoms with Crippen molar-refractivity contribution in [3.05, 3.63) is 28.8 Å². The molecule has 0 bridgehead atoms. The number of carboxylic acid groups (broad SMARTS) is 1. The Kier molecular flexibility index (Phi) is 4.09. The second-order valence-corrected chi connectivity index (χ2v) is 4.92. The molecule has 1 saturated carbocycles. The van der Waals surface area contributed by atoms with Crippen LogP contribution in [0.15, 0.2) is 18.2 Å². The molecule has 1 aliphatic rings. The highest BCUT2D eigenvalue weighted by Gasteiger charge is 2.25. The van der Waals surface area contributed by atoms with Crippen molar-refractivity contribution in [2.45, 2.75) is 18.9 Å². The minimum Gasteiger partial charge on any atom is -0.491 e. The fraction of sp³-hybridized carbons (Fsp3) is 0.462. The van der Waals surface area contributed by atoms with E-state index >= 15 is 0 Å². The number of aromatic carboxylic acids is 1. The molecule has 0 spiro atoms. The molecule has 1 N–H and O–H groups in total. The zero-order chi connectivity index (χ0) is 13.1. The number of carbonyl (C=O) groups is 1. The fourth-order valence-corrected chi connectivity index (χ4v) is 1.98. The lowest BCUT2D eigenvalue weighted by Crippen LogP contribution is -2.26. The molecule has 0 saturated heterocycles. The average Bonchev–Trinajstić information content (AvgIpc) is 3.14. The van der Waals surface area contributed by atoms with Gasteiger partial charge in [0.15, 0.2) is 0 Å². The van der Waals surface area contributed by atoms with Crippen molar-refractivity contribution in [1.82, 2.24) is 4.90 Å². The molecule has 18 heavy (non-hydrogen) atoms. The third-order valence-corrected chi connectivity index (χ3v) is 3.35. The third kappa shape index (κ3) is 3.37. The quantitative estimate of drug-likeness (QED) is 0.862. The Bertz CT molecular complexity index is 446. The predicted octanol–water partition coefficient (Wildman–Crippen LogP) is 2.51. The van der Waals surface area contributed by atoms with Gasteiger partial charge >= 0.3 is 5.97 Å².